The van der Waals surface area contributed by atoms with Gasteiger partial charge in [-0.1, -0.05) is 18.2 Å². The second kappa shape index (κ2) is 11.7. The molecular weight excluding hydrogens is 534 g/mol. The van der Waals surface area contributed by atoms with Crippen LogP contribution in [0.25, 0.3) is 5.69 Å². The number of hydrogen-bond acceptors (Lipinski definition) is 5. The number of hydrogen-bond donors (Lipinski definition) is 2. The Bertz CT molecular complexity index is 1600. The molecule has 0 radical (unpaired) electrons. The van der Waals surface area contributed by atoms with Crippen molar-refractivity contribution in [1.82, 2.24) is 14.9 Å². The molecule has 0 saturated carbocycles. The van der Waals surface area contributed by atoms with Gasteiger partial charge in [0.25, 0.3) is 0 Å². The third kappa shape index (κ3) is 5.42. The number of aromatic nitrogens is 2. The molecule has 9 heteroatoms. The Hall–Kier alpha value is -4.21. The third-order valence-electron chi connectivity index (χ3n) is 7.50. The van der Waals surface area contributed by atoms with Gasteiger partial charge in [-0.2, -0.15) is 0 Å². The molecule has 2 aromatic heterocycles. The van der Waals surface area contributed by atoms with E-state index in [2.05, 4.69) is 72.1 Å². The van der Waals surface area contributed by atoms with Gasteiger partial charge in [0, 0.05) is 36.1 Å². The number of carbonyl (C=O) groups is 1. The van der Waals surface area contributed by atoms with Crippen molar-refractivity contribution >= 4 is 34.6 Å². The van der Waals surface area contributed by atoms with Gasteiger partial charge in [0.05, 0.1) is 30.6 Å². The topological polar surface area (TPSA) is 80.7 Å². The lowest BCUT2D eigenvalue weighted by atomic mass is 9.96. The van der Waals surface area contributed by atoms with E-state index in [9.17, 15) is 4.79 Å². The third-order valence-corrected chi connectivity index (χ3v) is 7.82. The average Bonchev–Trinajstić information content (AvgIpc) is 3.45. The fourth-order valence-electron chi connectivity index (χ4n) is 5.63. The highest BCUT2D eigenvalue weighted by molar-refractivity contribution is 7.80. The standard InChI is InChI=1S/C32H35N5O3S/c1-19-10-11-20(2)27(15-19)36-21(3)16-24(22(36)4)31-30(25-9-7-8-14-33-25)35-32(41)37(31)23-12-13-28(40-6)26(17-23)34-29(38)18-39-5/h7-17,30-31H,18H2,1-6H3,(H,34,38)(H,35,41)/t30-,31-/m1/s1. The Labute approximate surface area is 246 Å². The summed E-state index contributed by atoms with van der Waals surface area (Å²) in [6.45, 7) is 8.48. The number of anilines is 2. The Morgan fingerprint density at radius 3 is 2.56 bits per heavy atom. The SMILES string of the molecule is COCC(=O)Nc1cc(N2C(=S)N[C@H](c3ccccn3)[C@H]2c2cc(C)n(-c3cc(C)ccc3C)c2C)ccc1OC. The predicted molar refractivity (Wildman–Crippen MR) is 166 cm³/mol. The van der Waals surface area contributed by atoms with E-state index in [0.29, 0.717) is 16.5 Å². The summed E-state index contributed by atoms with van der Waals surface area (Å²) in [5, 5.41) is 7.01. The van der Waals surface area contributed by atoms with Crippen LogP contribution in [0.3, 0.4) is 0 Å². The number of ether oxygens (including phenoxy) is 2. The maximum atomic E-state index is 12.4. The number of nitrogens with one attached hydrogen (secondary N) is 2. The van der Waals surface area contributed by atoms with Crippen LogP contribution in [-0.4, -0.2) is 41.4 Å². The van der Waals surface area contributed by atoms with Crippen LogP contribution in [0.4, 0.5) is 11.4 Å². The van der Waals surface area contributed by atoms with Gasteiger partial charge in [-0.05, 0) is 99.1 Å². The molecule has 1 fully saturated rings. The van der Waals surface area contributed by atoms with Crippen LogP contribution in [-0.2, 0) is 9.53 Å². The lowest BCUT2D eigenvalue weighted by Crippen LogP contribution is -2.29. The van der Waals surface area contributed by atoms with Gasteiger partial charge >= 0.3 is 0 Å². The maximum absolute atomic E-state index is 12.4. The minimum atomic E-state index is -0.273. The van der Waals surface area contributed by atoms with Crippen LogP contribution >= 0.6 is 12.2 Å². The van der Waals surface area contributed by atoms with E-state index in [4.69, 9.17) is 26.7 Å². The van der Waals surface area contributed by atoms with Crippen molar-refractivity contribution < 1.29 is 14.3 Å². The van der Waals surface area contributed by atoms with Gasteiger partial charge in [0.1, 0.15) is 12.4 Å². The van der Waals surface area contributed by atoms with Gasteiger partial charge in [0.15, 0.2) is 5.11 Å². The molecule has 1 saturated heterocycles. The van der Waals surface area contributed by atoms with Crippen LogP contribution in [0.5, 0.6) is 5.75 Å². The molecule has 8 nitrogen and oxygen atoms in total. The largest absolute Gasteiger partial charge is 0.495 e. The lowest BCUT2D eigenvalue weighted by Gasteiger charge is -2.29. The minimum absolute atomic E-state index is 0.0637. The first-order valence-electron chi connectivity index (χ1n) is 13.5. The average molecular weight is 570 g/mol. The number of methoxy groups -OCH3 is 2. The molecule has 2 N–H and O–H groups in total. The normalized spacial score (nSPS) is 16.5. The summed E-state index contributed by atoms with van der Waals surface area (Å²) in [6.07, 6.45) is 1.80. The van der Waals surface area contributed by atoms with E-state index in [1.807, 2.05) is 36.4 Å². The highest BCUT2D eigenvalue weighted by Gasteiger charge is 2.42. The zero-order valence-electron chi connectivity index (χ0n) is 24.2. The molecule has 5 rings (SSSR count). The van der Waals surface area contributed by atoms with Gasteiger partial charge in [0.2, 0.25) is 5.91 Å². The second-order valence-corrected chi connectivity index (χ2v) is 10.7. The fourth-order valence-corrected chi connectivity index (χ4v) is 5.97. The molecule has 1 aliphatic rings. The molecule has 0 spiro atoms. The molecular formula is C32H35N5O3S. The summed E-state index contributed by atoms with van der Waals surface area (Å²) in [7, 11) is 3.06. The van der Waals surface area contributed by atoms with E-state index in [-0.39, 0.29) is 24.6 Å². The molecule has 0 aliphatic carbocycles. The maximum Gasteiger partial charge on any atom is 0.250 e. The van der Waals surface area contributed by atoms with Crippen molar-refractivity contribution in [3.05, 3.63) is 101 Å². The van der Waals surface area contributed by atoms with Crippen molar-refractivity contribution in [2.45, 2.75) is 39.8 Å². The van der Waals surface area contributed by atoms with Crippen LogP contribution in [0.15, 0.2) is 66.9 Å². The van der Waals surface area contributed by atoms with Crippen molar-refractivity contribution in [1.29, 1.82) is 0 Å². The molecule has 2 aromatic carbocycles. The van der Waals surface area contributed by atoms with Crippen molar-refractivity contribution in [2.24, 2.45) is 0 Å². The number of nitrogens with zero attached hydrogens (tertiary/aromatic N) is 3. The number of thiocarbonyl (C=S) groups is 1. The van der Waals surface area contributed by atoms with Crippen molar-refractivity contribution in [3.8, 4) is 11.4 Å². The molecule has 41 heavy (non-hydrogen) atoms. The summed E-state index contributed by atoms with van der Waals surface area (Å²) in [4.78, 5) is 19.2. The first-order chi connectivity index (χ1) is 19.7. The van der Waals surface area contributed by atoms with Crippen molar-refractivity contribution in [3.63, 3.8) is 0 Å². The Balaban J connectivity index is 1.66. The molecule has 1 amide bonds. The van der Waals surface area contributed by atoms with E-state index in [1.54, 1.807) is 13.3 Å². The highest BCUT2D eigenvalue weighted by Crippen LogP contribution is 2.45. The fraction of sp³-hybridized carbons (Fsp3) is 0.281. The lowest BCUT2D eigenvalue weighted by molar-refractivity contribution is -0.119. The first kappa shape index (κ1) is 28.3. The molecule has 3 heterocycles. The minimum Gasteiger partial charge on any atom is -0.495 e. The molecule has 1 aliphatic heterocycles. The van der Waals surface area contributed by atoms with Crippen LogP contribution in [0.1, 0.15) is 45.9 Å². The Morgan fingerprint density at radius 2 is 1.85 bits per heavy atom. The zero-order chi connectivity index (χ0) is 29.3. The number of rotatable bonds is 8. The van der Waals surface area contributed by atoms with Gasteiger partial charge < -0.3 is 29.6 Å². The van der Waals surface area contributed by atoms with Crippen molar-refractivity contribution in [2.75, 3.05) is 31.0 Å². The predicted octanol–water partition coefficient (Wildman–Crippen LogP) is 5.88. The molecule has 0 bridgehead atoms. The van der Waals surface area contributed by atoms with Gasteiger partial charge in [-0.15, -0.1) is 0 Å². The van der Waals surface area contributed by atoms with Crippen LogP contribution in [0.2, 0.25) is 0 Å². The number of amides is 1. The first-order valence-corrected chi connectivity index (χ1v) is 13.9. The van der Waals surface area contributed by atoms with Crippen LogP contribution in [0, 0.1) is 27.7 Å². The van der Waals surface area contributed by atoms with Gasteiger partial charge in [-0.3, -0.25) is 9.78 Å². The molecule has 0 unspecified atom stereocenters. The summed E-state index contributed by atoms with van der Waals surface area (Å²) in [5.41, 5.74) is 9.20. The number of benzene rings is 2. The zero-order valence-corrected chi connectivity index (χ0v) is 25.0. The number of carbonyl (C=O) groups excluding carboxylic acids is 1. The van der Waals surface area contributed by atoms with Gasteiger partial charge in [-0.25, -0.2) is 0 Å². The van der Waals surface area contributed by atoms with E-state index in [0.717, 1.165) is 34.0 Å². The van der Waals surface area contributed by atoms with E-state index < -0.39 is 0 Å². The molecule has 2 atom stereocenters. The number of aryl methyl sites for hydroxylation is 3. The summed E-state index contributed by atoms with van der Waals surface area (Å²) < 4.78 is 12.9. The smallest absolute Gasteiger partial charge is 0.250 e. The number of pyridine rings is 1. The quantitative estimate of drug-likeness (QED) is 0.257. The molecule has 212 valence electrons. The monoisotopic (exact) mass is 569 g/mol. The Kier molecular flexibility index (Phi) is 8.10. The van der Waals surface area contributed by atoms with E-state index >= 15 is 0 Å². The molecule has 4 aromatic rings. The summed E-state index contributed by atoms with van der Waals surface area (Å²) in [6, 6.07) is 20.0. The summed E-state index contributed by atoms with van der Waals surface area (Å²) in [5.74, 6) is 0.271. The second-order valence-electron chi connectivity index (χ2n) is 10.3. The summed E-state index contributed by atoms with van der Waals surface area (Å²) >= 11 is 5.97. The highest BCUT2D eigenvalue weighted by atomic mass is 32.1. The van der Waals surface area contributed by atoms with E-state index in [1.165, 1.54) is 18.2 Å². The Morgan fingerprint density at radius 1 is 1.05 bits per heavy atom. The van der Waals surface area contributed by atoms with Crippen LogP contribution < -0.4 is 20.3 Å².